The number of aliphatic hydroxyl groups excluding tert-OH is 1. The largest absolute Gasteiger partial charge is 0.394 e. The number of rotatable bonds is 5. The van der Waals surface area contributed by atoms with Gasteiger partial charge in [-0.1, -0.05) is 6.92 Å². The molecule has 0 bridgehead atoms. The van der Waals surface area contributed by atoms with Crippen LogP contribution in [0.25, 0.3) is 10.2 Å². The van der Waals surface area contributed by atoms with Gasteiger partial charge in [0.25, 0.3) is 0 Å². The predicted molar refractivity (Wildman–Crippen MR) is 81.1 cm³/mol. The molecule has 0 aliphatic heterocycles. The number of aryl methyl sites for hydroxylation is 1. The van der Waals surface area contributed by atoms with Crippen LogP contribution in [0.3, 0.4) is 0 Å². The van der Waals surface area contributed by atoms with Crippen LogP contribution in [-0.4, -0.2) is 34.3 Å². The molecular weight excluding hydrogens is 260 g/mol. The predicted octanol–water partition coefficient (Wildman–Crippen LogP) is 2.48. The number of hydrogen-bond acceptors (Lipinski definition) is 6. The lowest BCUT2D eigenvalue weighted by molar-refractivity contribution is 0.234. The van der Waals surface area contributed by atoms with Crippen LogP contribution >= 0.6 is 11.3 Å². The zero-order valence-electron chi connectivity index (χ0n) is 11.7. The highest BCUT2D eigenvalue weighted by Gasteiger charge is 2.19. The SMILES string of the molecule is CCc1cc2c(NC(C)(C)CO)nc(NC)nc2s1. The third-order valence-electron chi connectivity index (χ3n) is 2.87. The highest BCUT2D eigenvalue weighted by molar-refractivity contribution is 7.18. The Hall–Kier alpha value is -1.40. The summed E-state index contributed by atoms with van der Waals surface area (Å²) < 4.78 is 0. The van der Waals surface area contributed by atoms with E-state index in [-0.39, 0.29) is 6.61 Å². The molecule has 0 amide bonds. The van der Waals surface area contributed by atoms with Gasteiger partial charge in [-0.2, -0.15) is 4.98 Å². The number of fused-ring (bicyclic) bond motifs is 1. The lowest BCUT2D eigenvalue weighted by atomic mass is 10.1. The molecule has 0 aromatic carbocycles. The molecule has 0 aliphatic rings. The minimum atomic E-state index is -0.416. The van der Waals surface area contributed by atoms with E-state index >= 15 is 0 Å². The van der Waals surface area contributed by atoms with Gasteiger partial charge in [0.1, 0.15) is 10.6 Å². The molecule has 104 valence electrons. The Balaban J connectivity index is 2.53. The van der Waals surface area contributed by atoms with Gasteiger partial charge in [0.15, 0.2) is 0 Å². The van der Waals surface area contributed by atoms with E-state index in [0.717, 1.165) is 22.5 Å². The highest BCUT2D eigenvalue weighted by atomic mass is 32.1. The van der Waals surface area contributed by atoms with E-state index in [9.17, 15) is 5.11 Å². The number of nitrogens with one attached hydrogen (secondary N) is 2. The number of aliphatic hydroxyl groups is 1. The first-order valence-corrected chi connectivity index (χ1v) is 7.18. The Morgan fingerprint density at radius 3 is 2.68 bits per heavy atom. The standard InChI is InChI=1S/C13H20N4OS/c1-5-8-6-9-10(17-13(2,3)7-18)15-12(14-4)16-11(9)19-8/h6,18H,5,7H2,1-4H3,(H2,14,15,16,17). The molecule has 19 heavy (non-hydrogen) atoms. The lowest BCUT2D eigenvalue weighted by Crippen LogP contribution is -2.35. The van der Waals surface area contributed by atoms with Crippen LogP contribution < -0.4 is 10.6 Å². The molecular formula is C13H20N4OS. The number of anilines is 2. The van der Waals surface area contributed by atoms with Crippen molar-refractivity contribution in [3.05, 3.63) is 10.9 Å². The average molecular weight is 280 g/mol. The van der Waals surface area contributed by atoms with Crippen LogP contribution in [0.4, 0.5) is 11.8 Å². The van der Waals surface area contributed by atoms with E-state index in [4.69, 9.17) is 0 Å². The summed E-state index contributed by atoms with van der Waals surface area (Å²) in [5.41, 5.74) is -0.416. The lowest BCUT2D eigenvalue weighted by Gasteiger charge is -2.24. The minimum absolute atomic E-state index is 0.0398. The van der Waals surface area contributed by atoms with E-state index in [1.165, 1.54) is 4.88 Å². The van der Waals surface area contributed by atoms with Crippen molar-refractivity contribution < 1.29 is 5.11 Å². The zero-order valence-corrected chi connectivity index (χ0v) is 12.6. The van der Waals surface area contributed by atoms with Crippen molar-refractivity contribution in [1.29, 1.82) is 0 Å². The van der Waals surface area contributed by atoms with Crippen molar-refractivity contribution in [3.8, 4) is 0 Å². The monoisotopic (exact) mass is 280 g/mol. The molecule has 2 rings (SSSR count). The zero-order chi connectivity index (χ0) is 14.0. The topological polar surface area (TPSA) is 70.1 Å². The normalized spacial score (nSPS) is 11.8. The summed E-state index contributed by atoms with van der Waals surface area (Å²) in [5.74, 6) is 1.36. The van der Waals surface area contributed by atoms with Crippen molar-refractivity contribution >= 4 is 33.3 Å². The molecule has 0 saturated heterocycles. The first-order chi connectivity index (χ1) is 8.99. The molecule has 0 spiro atoms. The number of aromatic nitrogens is 2. The molecule has 5 nitrogen and oxygen atoms in total. The van der Waals surface area contributed by atoms with Crippen molar-refractivity contribution in [2.45, 2.75) is 32.7 Å². The van der Waals surface area contributed by atoms with Gasteiger partial charge < -0.3 is 15.7 Å². The summed E-state index contributed by atoms with van der Waals surface area (Å²) in [5, 5.41) is 16.7. The minimum Gasteiger partial charge on any atom is -0.394 e. The van der Waals surface area contributed by atoms with Gasteiger partial charge in [0.2, 0.25) is 5.95 Å². The van der Waals surface area contributed by atoms with E-state index in [0.29, 0.717) is 5.95 Å². The van der Waals surface area contributed by atoms with Gasteiger partial charge in [-0.05, 0) is 26.3 Å². The molecule has 0 atom stereocenters. The number of nitrogens with zero attached hydrogens (tertiary/aromatic N) is 2. The summed E-state index contributed by atoms with van der Waals surface area (Å²) in [6.45, 7) is 6.04. The van der Waals surface area contributed by atoms with Crippen LogP contribution in [0.15, 0.2) is 6.07 Å². The Bertz CT molecular complexity index is 579. The van der Waals surface area contributed by atoms with Gasteiger partial charge in [0, 0.05) is 11.9 Å². The Morgan fingerprint density at radius 1 is 1.37 bits per heavy atom. The van der Waals surface area contributed by atoms with E-state index < -0.39 is 5.54 Å². The van der Waals surface area contributed by atoms with E-state index in [2.05, 4.69) is 33.6 Å². The molecule has 0 radical (unpaired) electrons. The number of hydrogen-bond donors (Lipinski definition) is 3. The molecule has 0 fully saturated rings. The van der Waals surface area contributed by atoms with Gasteiger partial charge in [-0.25, -0.2) is 4.98 Å². The molecule has 3 N–H and O–H groups in total. The summed E-state index contributed by atoms with van der Waals surface area (Å²) >= 11 is 1.68. The third-order valence-corrected chi connectivity index (χ3v) is 4.04. The summed E-state index contributed by atoms with van der Waals surface area (Å²) in [6, 6.07) is 2.12. The quantitative estimate of drug-likeness (QED) is 0.785. The van der Waals surface area contributed by atoms with Gasteiger partial charge in [-0.15, -0.1) is 11.3 Å². The molecule has 6 heteroatoms. The van der Waals surface area contributed by atoms with Gasteiger partial charge >= 0.3 is 0 Å². The van der Waals surface area contributed by atoms with Gasteiger partial charge in [-0.3, -0.25) is 0 Å². The third kappa shape index (κ3) is 2.96. The smallest absolute Gasteiger partial charge is 0.225 e. The summed E-state index contributed by atoms with van der Waals surface area (Å²) in [7, 11) is 1.80. The van der Waals surface area contributed by atoms with Crippen molar-refractivity contribution in [3.63, 3.8) is 0 Å². The molecule has 2 aromatic heterocycles. The average Bonchev–Trinajstić information content (AvgIpc) is 2.81. The maximum atomic E-state index is 9.39. The van der Waals surface area contributed by atoms with Crippen molar-refractivity contribution in [2.75, 3.05) is 24.3 Å². The summed E-state index contributed by atoms with van der Waals surface area (Å²) in [4.78, 5) is 11.2. The second-order valence-corrected chi connectivity index (χ2v) is 6.21. The molecule has 0 unspecified atom stereocenters. The molecule has 0 saturated carbocycles. The first-order valence-electron chi connectivity index (χ1n) is 6.36. The molecule has 2 aromatic rings. The van der Waals surface area contributed by atoms with Crippen LogP contribution in [0.1, 0.15) is 25.6 Å². The highest BCUT2D eigenvalue weighted by Crippen LogP contribution is 2.31. The van der Waals surface area contributed by atoms with Gasteiger partial charge in [0.05, 0.1) is 17.5 Å². The molecule has 2 heterocycles. The summed E-state index contributed by atoms with van der Waals surface area (Å²) in [6.07, 6.45) is 0.985. The fraction of sp³-hybridized carbons (Fsp3) is 0.538. The van der Waals surface area contributed by atoms with Crippen molar-refractivity contribution in [2.24, 2.45) is 0 Å². The number of thiophene rings is 1. The first kappa shape index (κ1) is 14.0. The Kier molecular flexibility index (Phi) is 3.91. The van der Waals surface area contributed by atoms with E-state index in [1.807, 2.05) is 13.8 Å². The Labute approximate surface area is 117 Å². The fourth-order valence-electron chi connectivity index (χ4n) is 1.71. The molecule has 0 aliphatic carbocycles. The second kappa shape index (κ2) is 5.30. The van der Waals surface area contributed by atoms with E-state index in [1.54, 1.807) is 18.4 Å². The Morgan fingerprint density at radius 2 is 2.11 bits per heavy atom. The van der Waals surface area contributed by atoms with Crippen LogP contribution in [0, 0.1) is 0 Å². The van der Waals surface area contributed by atoms with Crippen molar-refractivity contribution in [1.82, 2.24) is 9.97 Å². The maximum absolute atomic E-state index is 9.39. The van der Waals surface area contributed by atoms with Crippen LogP contribution in [0.2, 0.25) is 0 Å². The van der Waals surface area contributed by atoms with Crippen LogP contribution in [-0.2, 0) is 6.42 Å². The maximum Gasteiger partial charge on any atom is 0.225 e. The van der Waals surface area contributed by atoms with Crippen LogP contribution in [0.5, 0.6) is 0 Å². The second-order valence-electron chi connectivity index (χ2n) is 5.10. The fourth-order valence-corrected chi connectivity index (χ4v) is 2.68.